The van der Waals surface area contributed by atoms with Gasteiger partial charge in [-0.2, -0.15) is 0 Å². The van der Waals surface area contributed by atoms with Crippen LogP contribution in [0.5, 0.6) is 5.75 Å². The first-order valence-corrected chi connectivity index (χ1v) is 11.7. The number of benzene rings is 3. The first-order valence-electron chi connectivity index (χ1n) is 10.5. The first kappa shape index (κ1) is 24.7. The number of aliphatic hydroxyl groups excluding tert-OH is 1. The summed E-state index contributed by atoms with van der Waals surface area (Å²) in [5.74, 6) is -0.542. The minimum Gasteiger partial charge on any atom is -0.512 e. The van der Waals surface area contributed by atoms with Crippen molar-refractivity contribution >= 4 is 34.0 Å². The van der Waals surface area contributed by atoms with Crippen molar-refractivity contribution < 1.29 is 18.8 Å². The van der Waals surface area contributed by atoms with Gasteiger partial charge in [-0.05, 0) is 50.1 Å². The number of aliphatic hydroxyl groups is 1. The molecule has 0 heterocycles. The maximum absolute atomic E-state index is 13.2. The quantitative estimate of drug-likeness (QED) is 0.201. The Morgan fingerprint density at radius 3 is 2.24 bits per heavy atom. The predicted octanol–water partition coefficient (Wildman–Crippen LogP) is 5.29. The van der Waals surface area contributed by atoms with Gasteiger partial charge in [0.25, 0.3) is 5.91 Å². The van der Waals surface area contributed by atoms with Gasteiger partial charge in [-0.3, -0.25) is 10.2 Å². The highest BCUT2D eigenvalue weighted by Crippen LogP contribution is 2.29. The molecule has 3 rings (SSSR count). The molecule has 0 aliphatic heterocycles. The topological polar surface area (TPSA) is 112 Å². The van der Waals surface area contributed by atoms with E-state index >= 15 is 0 Å². The number of anilines is 2. The van der Waals surface area contributed by atoms with E-state index in [0.29, 0.717) is 21.9 Å². The number of rotatable bonds is 8. The van der Waals surface area contributed by atoms with E-state index in [-0.39, 0.29) is 17.0 Å². The Kier molecular flexibility index (Phi) is 7.86. The smallest absolute Gasteiger partial charge is 0.261 e. The number of methoxy groups -OCH3 is 1. The van der Waals surface area contributed by atoms with Crippen molar-refractivity contribution in [3.05, 3.63) is 94.8 Å². The normalized spacial score (nSPS) is 12.4. The summed E-state index contributed by atoms with van der Waals surface area (Å²) in [6, 6.07) is 19.2. The molecule has 0 spiro atoms. The van der Waals surface area contributed by atoms with E-state index in [2.05, 4.69) is 10.0 Å². The van der Waals surface area contributed by atoms with Crippen molar-refractivity contribution in [3.8, 4) is 5.75 Å². The highest BCUT2D eigenvalue weighted by atomic mass is 32.2. The van der Waals surface area contributed by atoms with Crippen molar-refractivity contribution in [2.24, 2.45) is 0 Å². The van der Waals surface area contributed by atoms with Gasteiger partial charge in [0.1, 0.15) is 22.0 Å². The number of carbonyl (C=O) groups is 1. The Hall–Kier alpha value is -3.91. The number of carbonyl (C=O) groups excluding carboxylic acids is 1. The van der Waals surface area contributed by atoms with E-state index in [1.165, 1.54) is 14.0 Å². The molecular weight excluding hydrogens is 450 g/mol. The van der Waals surface area contributed by atoms with Gasteiger partial charge < -0.3 is 19.9 Å². The summed E-state index contributed by atoms with van der Waals surface area (Å²) >= 11 is 0. The number of aryl methyl sites for hydroxylation is 2. The molecule has 176 valence electrons. The molecule has 0 saturated carbocycles. The lowest BCUT2D eigenvalue weighted by Crippen LogP contribution is -2.22. The molecule has 34 heavy (non-hydrogen) atoms. The molecule has 0 bridgehead atoms. The zero-order valence-electron chi connectivity index (χ0n) is 19.4. The third kappa shape index (κ3) is 5.52. The van der Waals surface area contributed by atoms with Gasteiger partial charge in [0.2, 0.25) is 0 Å². The number of nitrogens with one attached hydrogen (secondary N) is 3. The van der Waals surface area contributed by atoms with Crippen molar-refractivity contribution in [2.75, 3.05) is 17.1 Å². The lowest BCUT2D eigenvalue weighted by Gasteiger charge is -2.16. The summed E-state index contributed by atoms with van der Waals surface area (Å²) in [4.78, 5) is 13.3. The van der Waals surface area contributed by atoms with Crippen LogP contribution in [0.3, 0.4) is 0 Å². The lowest BCUT2D eigenvalue weighted by molar-refractivity contribution is -0.112. The van der Waals surface area contributed by atoms with Crippen LogP contribution < -0.4 is 14.8 Å². The van der Waals surface area contributed by atoms with Crippen LogP contribution in [0, 0.1) is 19.3 Å². The van der Waals surface area contributed by atoms with Crippen molar-refractivity contribution in [1.82, 2.24) is 0 Å². The van der Waals surface area contributed by atoms with Crippen LogP contribution in [0.15, 0.2) is 83.0 Å². The maximum atomic E-state index is 13.2. The van der Waals surface area contributed by atoms with Gasteiger partial charge in [-0.15, -0.1) is 0 Å². The van der Waals surface area contributed by atoms with Crippen molar-refractivity contribution in [1.29, 1.82) is 5.41 Å². The molecule has 8 heteroatoms. The molecule has 0 aliphatic carbocycles. The Balaban J connectivity index is 1.89. The van der Waals surface area contributed by atoms with Gasteiger partial charge >= 0.3 is 0 Å². The first-order chi connectivity index (χ1) is 16.2. The van der Waals surface area contributed by atoms with E-state index in [9.17, 15) is 14.1 Å². The van der Waals surface area contributed by atoms with E-state index in [4.69, 9.17) is 10.1 Å². The van der Waals surface area contributed by atoms with Crippen molar-refractivity contribution in [3.63, 3.8) is 0 Å². The summed E-state index contributed by atoms with van der Waals surface area (Å²) in [7, 11) is -0.203. The fraction of sp³-hybridized carbons (Fsp3) is 0.154. The van der Waals surface area contributed by atoms with Crippen LogP contribution >= 0.6 is 0 Å². The Morgan fingerprint density at radius 2 is 1.65 bits per heavy atom. The minimum absolute atomic E-state index is 0.105. The van der Waals surface area contributed by atoms with Crippen LogP contribution in [0.1, 0.15) is 23.6 Å². The van der Waals surface area contributed by atoms with Crippen LogP contribution in [0.2, 0.25) is 0 Å². The molecule has 0 aliphatic rings. The highest BCUT2D eigenvalue weighted by Gasteiger charge is 2.21. The zero-order chi connectivity index (χ0) is 24.8. The highest BCUT2D eigenvalue weighted by molar-refractivity contribution is 7.86. The third-order valence-electron chi connectivity index (χ3n) is 5.20. The molecule has 4 N–H and O–H groups in total. The van der Waals surface area contributed by atoms with Gasteiger partial charge in [0.15, 0.2) is 11.0 Å². The maximum Gasteiger partial charge on any atom is 0.261 e. The molecule has 1 unspecified atom stereocenters. The molecule has 1 atom stereocenters. The largest absolute Gasteiger partial charge is 0.512 e. The standard InChI is InChI=1S/C26H27N3O4S/c1-16-9-8-10-17(2)25(16)29-34(32)22-15-20(13-14-21(22)33-4)28-26(31)23(18(3)30)24(27)19-11-6-5-7-12-19/h5-15,27,29-30H,1-4H3,(H,28,31)/b23-18+,27-24?. The van der Waals surface area contributed by atoms with Crippen LogP contribution in [-0.4, -0.2) is 28.0 Å². The predicted molar refractivity (Wildman–Crippen MR) is 136 cm³/mol. The number of amides is 1. The van der Waals surface area contributed by atoms with Crippen molar-refractivity contribution in [2.45, 2.75) is 25.7 Å². The molecular formula is C26H27N3O4S. The second kappa shape index (κ2) is 10.8. The Bertz CT molecular complexity index is 1260. The SMILES string of the molecule is COc1ccc(NC(=O)/C(C(=N)c2ccccc2)=C(\C)O)cc1S(=O)Nc1c(C)cccc1C. The molecule has 0 fully saturated rings. The minimum atomic E-state index is -1.68. The molecule has 3 aromatic rings. The number of ether oxygens (including phenoxy) is 1. The fourth-order valence-corrected chi connectivity index (χ4v) is 4.61. The summed E-state index contributed by atoms with van der Waals surface area (Å²) < 4.78 is 21.6. The zero-order valence-corrected chi connectivity index (χ0v) is 20.2. The average Bonchev–Trinajstić information content (AvgIpc) is 2.81. The molecule has 1 amide bonds. The second-order valence-electron chi connectivity index (χ2n) is 7.66. The molecule has 0 saturated heterocycles. The summed E-state index contributed by atoms with van der Waals surface area (Å²) in [5, 5.41) is 21.2. The van der Waals surface area contributed by atoms with E-state index in [1.54, 1.807) is 48.5 Å². The van der Waals surface area contributed by atoms with E-state index in [1.807, 2.05) is 32.0 Å². The summed E-state index contributed by atoms with van der Waals surface area (Å²) in [6.45, 7) is 5.20. The Labute approximate surface area is 201 Å². The second-order valence-corrected chi connectivity index (χ2v) is 8.84. The lowest BCUT2D eigenvalue weighted by atomic mass is 10.0. The molecule has 0 radical (unpaired) electrons. The third-order valence-corrected chi connectivity index (χ3v) is 6.31. The van der Waals surface area contributed by atoms with E-state index < -0.39 is 16.9 Å². The number of hydrogen-bond donors (Lipinski definition) is 4. The summed E-state index contributed by atoms with van der Waals surface area (Å²) in [6.07, 6.45) is 0. The van der Waals surface area contributed by atoms with Gasteiger partial charge in [0.05, 0.1) is 18.5 Å². The molecule has 3 aromatic carbocycles. The van der Waals surface area contributed by atoms with Crippen LogP contribution in [0.25, 0.3) is 0 Å². The average molecular weight is 478 g/mol. The Morgan fingerprint density at radius 1 is 1.00 bits per heavy atom. The van der Waals surface area contributed by atoms with Gasteiger partial charge in [-0.25, -0.2) is 4.21 Å². The van der Waals surface area contributed by atoms with Gasteiger partial charge in [-0.1, -0.05) is 48.5 Å². The van der Waals surface area contributed by atoms with Crippen LogP contribution in [0.4, 0.5) is 11.4 Å². The molecule has 7 nitrogen and oxygen atoms in total. The summed E-state index contributed by atoms with van der Waals surface area (Å²) in [5.41, 5.74) is 3.24. The monoisotopic (exact) mass is 477 g/mol. The fourth-order valence-electron chi connectivity index (χ4n) is 3.42. The van der Waals surface area contributed by atoms with Crippen LogP contribution in [-0.2, 0) is 15.8 Å². The number of hydrogen-bond acceptors (Lipinski definition) is 5. The number of para-hydroxylation sites is 1. The van der Waals surface area contributed by atoms with Gasteiger partial charge in [0, 0.05) is 11.3 Å². The van der Waals surface area contributed by atoms with E-state index in [0.717, 1.165) is 16.8 Å². The molecule has 0 aromatic heterocycles. The number of allylic oxidation sites excluding steroid dienone is 1.